The number of carboxylic acid groups (broad SMARTS) is 1. The summed E-state index contributed by atoms with van der Waals surface area (Å²) in [6.45, 7) is 13.3. The standard InChI is InChI=1S/C47H76O19/c1-20-27(51)29(53)32(56)39(62-20)65-34-28(52)23(50)17-61-40(34)66-35-31(55)30(54)33(38(59)60)64-41(35)63-26-11-12-44(4)24(45(26,5)19-49)10-13-47(7)25(44)9-8-21-22-16-42(2,18-48)36(57)37(58)43(22,3)14-15-46(21,47)6/h8,20,22-37,39-41,48-58H,9-19H2,1-7H3,(H,59,60). The molecule has 0 spiro atoms. The van der Waals surface area contributed by atoms with Crippen LogP contribution in [0, 0.1) is 50.2 Å². The van der Waals surface area contributed by atoms with Crippen molar-refractivity contribution < 1.29 is 94.5 Å². The third-order valence-electron chi connectivity index (χ3n) is 19.6. The topological polar surface area (TPSA) is 315 Å². The molecular weight excluding hydrogens is 868 g/mol. The molecule has 3 aliphatic heterocycles. The first kappa shape index (κ1) is 50.9. The fourth-order valence-electron chi connectivity index (χ4n) is 14.9. The highest BCUT2D eigenvalue weighted by molar-refractivity contribution is 5.73. The molecule has 19 nitrogen and oxygen atoms in total. The highest BCUT2D eigenvalue weighted by atomic mass is 16.8. The molecule has 0 bridgehead atoms. The van der Waals surface area contributed by atoms with Crippen LogP contribution in [0.25, 0.3) is 0 Å². The first-order chi connectivity index (χ1) is 30.8. The van der Waals surface area contributed by atoms with Crippen LogP contribution in [0.2, 0.25) is 0 Å². The number of carboxylic acids is 1. The molecular formula is C47H76O19. The van der Waals surface area contributed by atoms with Gasteiger partial charge in [-0.2, -0.15) is 0 Å². The van der Waals surface area contributed by atoms with Crippen LogP contribution < -0.4 is 0 Å². The first-order valence-corrected chi connectivity index (χ1v) is 23.9. The molecule has 19 heteroatoms. The summed E-state index contributed by atoms with van der Waals surface area (Å²) in [6.07, 6.45) is -18.9. The number of hydrogen-bond donors (Lipinski definition) is 12. The maximum Gasteiger partial charge on any atom is 0.335 e. The number of hydrogen-bond acceptors (Lipinski definition) is 18. The van der Waals surface area contributed by atoms with E-state index >= 15 is 0 Å². The smallest absolute Gasteiger partial charge is 0.335 e. The summed E-state index contributed by atoms with van der Waals surface area (Å²) in [6, 6.07) is 0. The predicted molar refractivity (Wildman–Crippen MR) is 227 cm³/mol. The van der Waals surface area contributed by atoms with Crippen LogP contribution in [0.1, 0.15) is 99.8 Å². The van der Waals surface area contributed by atoms with Gasteiger partial charge in [0.2, 0.25) is 0 Å². The van der Waals surface area contributed by atoms with Crippen LogP contribution in [0.4, 0.5) is 0 Å². The van der Waals surface area contributed by atoms with E-state index in [4.69, 9.17) is 28.4 Å². The van der Waals surface area contributed by atoms with Gasteiger partial charge in [-0.3, -0.25) is 0 Å². The summed E-state index contributed by atoms with van der Waals surface area (Å²) >= 11 is 0. The Morgan fingerprint density at radius 2 is 1.35 bits per heavy atom. The molecule has 66 heavy (non-hydrogen) atoms. The van der Waals surface area contributed by atoms with E-state index in [2.05, 4.69) is 33.8 Å². The Morgan fingerprint density at radius 1 is 0.682 bits per heavy atom. The van der Waals surface area contributed by atoms with E-state index in [9.17, 15) is 66.1 Å². The van der Waals surface area contributed by atoms with E-state index in [1.165, 1.54) is 12.5 Å². The molecule has 8 aliphatic rings. The molecule has 0 aromatic carbocycles. The van der Waals surface area contributed by atoms with Crippen molar-refractivity contribution in [2.24, 2.45) is 50.2 Å². The monoisotopic (exact) mass is 944 g/mol. The number of allylic oxidation sites excluding steroid dienone is 2. The molecule has 3 heterocycles. The number of fused-ring (bicyclic) bond motifs is 7. The van der Waals surface area contributed by atoms with E-state index in [0.29, 0.717) is 32.1 Å². The van der Waals surface area contributed by atoms with Crippen molar-refractivity contribution in [3.8, 4) is 0 Å². The molecule has 4 saturated carbocycles. The Balaban J connectivity index is 1.06. The molecule has 8 rings (SSSR count). The summed E-state index contributed by atoms with van der Waals surface area (Å²) in [5.41, 5.74) is -1.86. The van der Waals surface area contributed by atoms with Crippen molar-refractivity contribution >= 4 is 5.97 Å². The predicted octanol–water partition coefficient (Wildman–Crippen LogP) is -0.713. The molecule has 0 aromatic rings. The normalized spacial score (nSPS) is 57.4. The van der Waals surface area contributed by atoms with Gasteiger partial charge in [-0.05, 0) is 92.3 Å². The van der Waals surface area contributed by atoms with Crippen molar-refractivity contribution in [3.05, 3.63) is 11.6 Å². The van der Waals surface area contributed by atoms with Gasteiger partial charge in [-0.25, -0.2) is 4.79 Å². The highest BCUT2D eigenvalue weighted by Crippen LogP contribution is 2.76. The molecule has 0 aromatic heterocycles. The van der Waals surface area contributed by atoms with E-state index < -0.39 is 133 Å². The lowest BCUT2D eigenvalue weighted by molar-refractivity contribution is -0.387. The van der Waals surface area contributed by atoms with Crippen LogP contribution in [-0.2, 0) is 33.2 Å². The van der Waals surface area contributed by atoms with Crippen LogP contribution in [0.5, 0.6) is 0 Å². The first-order valence-electron chi connectivity index (χ1n) is 23.9. The Bertz CT molecular complexity index is 1820. The van der Waals surface area contributed by atoms with Crippen molar-refractivity contribution in [3.63, 3.8) is 0 Å². The molecule has 3 saturated heterocycles. The summed E-state index contributed by atoms with van der Waals surface area (Å²) in [7, 11) is 0. The van der Waals surface area contributed by atoms with Gasteiger partial charge < -0.3 is 89.7 Å². The van der Waals surface area contributed by atoms with Gasteiger partial charge >= 0.3 is 5.97 Å². The van der Waals surface area contributed by atoms with Gasteiger partial charge in [0.1, 0.15) is 54.9 Å². The molecule has 12 N–H and O–H groups in total. The maximum atomic E-state index is 12.4. The quantitative estimate of drug-likeness (QED) is 0.100. The maximum absolute atomic E-state index is 12.4. The van der Waals surface area contributed by atoms with Crippen LogP contribution in [-0.4, -0.2) is 191 Å². The van der Waals surface area contributed by atoms with Gasteiger partial charge in [0.15, 0.2) is 25.0 Å². The molecule has 0 radical (unpaired) electrons. The lowest BCUT2D eigenvalue weighted by atomic mass is 9.33. The number of carbonyl (C=O) groups is 1. The summed E-state index contributed by atoms with van der Waals surface area (Å²) in [5, 5.41) is 131. The largest absolute Gasteiger partial charge is 0.479 e. The SMILES string of the molecule is CC1OC(OC2C(OC3C(OC4CCC5(C)C(CCC6(C)C5CC=C5C7CC(C)(CO)C(O)C(O)C7(C)CCC56C)C4(C)CO)OC(C(=O)O)C(O)C3O)OCC(O)C2O)C(O)C(O)C1O. The van der Waals surface area contributed by atoms with Gasteiger partial charge in [0, 0.05) is 16.2 Å². The van der Waals surface area contributed by atoms with Crippen molar-refractivity contribution in [1.82, 2.24) is 0 Å². The molecule has 5 aliphatic carbocycles. The third-order valence-corrected chi connectivity index (χ3v) is 19.6. The zero-order valence-electron chi connectivity index (χ0n) is 39.1. The summed E-state index contributed by atoms with van der Waals surface area (Å²) < 4.78 is 36.0. The van der Waals surface area contributed by atoms with Gasteiger partial charge in [0.05, 0.1) is 44.2 Å². The minimum absolute atomic E-state index is 0.0388. The molecule has 0 amide bonds. The van der Waals surface area contributed by atoms with Crippen molar-refractivity contribution in [2.45, 2.75) is 204 Å². The Labute approximate surface area is 385 Å². The van der Waals surface area contributed by atoms with Gasteiger partial charge in [0.25, 0.3) is 0 Å². The van der Waals surface area contributed by atoms with Crippen molar-refractivity contribution in [1.29, 1.82) is 0 Å². The zero-order chi connectivity index (χ0) is 48.4. The van der Waals surface area contributed by atoms with E-state index in [1.807, 2.05) is 13.8 Å². The average Bonchev–Trinajstić information content (AvgIpc) is 3.27. The van der Waals surface area contributed by atoms with E-state index in [1.54, 1.807) is 0 Å². The highest BCUT2D eigenvalue weighted by Gasteiger charge is 2.70. The average molecular weight is 945 g/mol. The fourth-order valence-corrected chi connectivity index (χ4v) is 14.9. The zero-order valence-corrected chi connectivity index (χ0v) is 39.1. The van der Waals surface area contributed by atoms with Crippen LogP contribution in [0.3, 0.4) is 0 Å². The number of aliphatic hydroxyl groups is 11. The lowest BCUT2D eigenvalue weighted by Gasteiger charge is -2.72. The lowest BCUT2D eigenvalue weighted by Crippen LogP contribution is -2.68. The Morgan fingerprint density at radius 3 is 2.00 bits per heavy atom. The van der Waals surface area contributed by atoms with Gasteiger partial charge in [-0.1, -0.05) is 53.2 Å². The van der Waals surface area contributed by atoms with Crippen molar-refractivity contribution in [2.75, 3.05) is 19.8 Å². The fraction of sp³-hybridized carbons (Fsp3) is 0.936. The molecule has 378 valence electrons. The second-order valence-corrected chi connectivity index (χ2v) is 23.0. The minimum Gasteiger partial charge on any atom is -0.479 e. The van der Waals surface area contributed by atoms with Gasteiger partial charge in [-0.15, -0.1) is 0 Å². The molecule has 26 atom stereocenters. The molecule has 7 fully saturated rings. The summed E-state index contributed by atoms with van der Waals surface area (Å²) in [5.74, 6) is -1.59. The Hall–Kier alpha value is -1.47. The number of ether oxygens (including phenoxy) is 6. The number of aliphatic hydroxyl groups excluding tert-OH is 11. The summed E-state index contributed by atoms with van der Waals surface area (Å²) in [4.78, 5) is 12.4. The number of aliphatic carboxylic acids is 1. The van der Waals surface area contributed by atoms with E-state index in [0.717, 1.165) is 19.3 Å². The third kappa shape index (κ3) is 7.51. The molecule has 26 unspecified atom stereocenters. The van der Waals surface area contributed by atoms with Crippen LogP contribution >= 0.6 is 0 Å². The second kappa shape index (κ2) is 17.7. The minimum atomic E-state index is -2.04. The van der Waals surface area contributed by atoms with Crippen LogP contribution in [0.15, 0.2) is 11.6 Å². The second-order valence-electron chi connectivity index (χ2n) is 23.0. The van der Waals surface area contributed by atoms with E-state index in [-0.39, 0.29) is 47.2 Å². The number of rotatable bonds is 9. The Kier molecular flexibility index (Phi) is 13.6.